The molecule has 3 aromatic carbocycles. The first kappa shape index (κ1) is 30.3. The molecule has 4 aromatic rings. The molecule has 1 amide bonds. The maximum Gasteiger partial charge on any atom is 0.371 e. The maximum absolute atomic E-state index is 13.2. The Morgan fingerprint density at radius 1 is 0.814 bits per heavy atom. The number of hydrogen-bond acceptors (Lipinski definition) is 9. The number of carboxylic acids is 1. The van der Waals surface area contributed by atoms with Crippen molar-refractivity contribution in [1.82, 2.24) is 5.32 Å². The third kappa shape index (κ3) is 8.89. The number of carbonyl (C=O) groups excluding carboxylic acids is 4. The third-order valence-corrected chi connectivity index (χ3v) is 6.03. The maximum atomic E-state index is 13.2. The highest BCUT2D eigenvalue weighted by Gasteiger charge is 2.22. The van der Waals surface area contributed by atoms with Crippen LogP contribution in [0.2, 0.25) is 0 Å². The zero-order chi connectivity index (χ0) is 30.6. The number of ether oxygens (including phenoxy) is 3. The number of furan rings is 1. The Kier molecular flexibility index (Phi) is 10.4. The number of benzene rings is 3. The first-order chi connectivity index (χ1) is 20.8. The van der Waals surface area contributed by atoms with Gasteiger partial charge in [0.25, 0.3) is 5.91 Å². The zero-order valence-electron chi connectivity index (χ0n) is 22.8. The van der Waals surface area contributed by atoms with E-state index in [0.29, 0.717) is 11.8 Å². The molecule has 0 radical (unpaired) electrons. The molecule has 2 N–H and O–H groups in total. The van der Waals surface area contributed by atoms with Crippen molar-refractivity contribution < 1.29 is 47.7 Å². The molecule has 0 fully saturated rings. The van der Waals surface area contributed by atoms with Crippen LogP contribution in [0.25, 0.3) is 11.3 Å². The molecule has 0 aliphatic carbocycles. The number of amides is 1. The summed E-state index contributed by atoms with van der Waals surface area (Å²) < 4.78 is 21.4. The van der Waals surface area contributed by atoms with Crippen LogP contribution in [0.5, 0.6) is 5.75 Å². The van der Waals surface area contributed by atoms with Gasteiger partial charge in [-0.25, -0.2) is 9.59 Å². The number of esters is 2. The summed E-state index contributed by atoms with van der Waals surface area (Å²) in [6.07, 6.45) is 0.000321. The molecule has 11 nitrogen and oxygen atoms in total. The number of nitrogens with one attached hydrogen (secondary N) is 1. The second kappa shape index (κ2) is 14.8. The standard InChI is InChI=1S/C32H27NO10/c34-17-24(16-29(35)41-18-21-7-3-1-4-8-21)33-31(37)25-12-11-23(26-13-14-27(43-26)32(38)39)15-28(25)40-20-30(36)42-19-22-9-5-2-6-10-22/h1-15,17,24H,16,18-20H2,(H,33,37)(H,38,39)/t24-/m0/s1. The fourth-order valence-corrected chi connectivity index (χ4v) is 3.86. The fourth-order valence-electron chi connectivity index (χ4n) is 3.86. The molecule has 43 heavy (non-hydrogen) atoms. The summed E-state index contributed by atoms with van der Waals surface area (Å²) in [5.41, 5.74) is 1.83. The minimum Gasteiger partial charge on any atom is -0.481 e. The van der Waals surface area contributed by atoms with Crippen LogP contribution in [-0.2, 0) is 37.1 Å². The monoisotopic (exact) mass is 585 g/mol. The van der Waals surface area contributed by atoms with Gasteiger partial charge in [-0.05, 0) is 35.4 Å². The lowest BCUT2D eigenvalue weighted by molar-refractivity contribution is -0.147. The molecule has 1 aromatic heterocycles. The summed E-state index contributed by atoms with van der Waals surface area (Å²) in [5, 5.41) is 11.6. The lowest BCUT2D eigenvalue weighted by atomic mass is 10.1. The van der Waals surface area contributed by atoms with Crippen molar-refractivity contribution in [2.24, 2.45) is 0 Å². The molecule has 0 bridgehead atoms. The van der Waals surface area contributed by atoms with Crippen LogP contribution in [0.4, 0.5) is 0 Å². The number of rotatable bonds is 14. The topological polar surface area (TPSA) is 158 Å². The molecular formula is C32H27NO10. The Labute approximate surface area is 246 Å². The summed E-state index contributed by atoms with van der Waals surface area (Å²) in [7, 11) is 0. The van der Waals surface area contributed by atoms with Gasteiger partial charge in [-0.2, -0.15) is 0 Å². The molecule has 0 saturated carbocycles. The molecule has 11 heteroatoms. The first-order valence-corrected chi connectivity index (χ1v) is 13.1. The van der Waals surface area contributed by atoms with Gasteiger partial charge in [0.1, 0.15) is 31.0 Å². The van der Waals surface area contributed by atoms with Crippen LogP contribution < -0.4 is 10.1 Å². The minimum atomic E-state index is -1.26. The summed E-state index contributed by atoms with van der Waals surface area (Å²) in [6, 6.07) is 23.7. The van der Waals surface area contributed by atoms with E-state index in [9.17, 15) is 29.1 Å². The summed E-state index contributed by atoms with van der Waals surface area (Å²) in [6.45, 7) is -0.532. The van der Waals surface area contributed by atoms with E-state index >= 15 is 0 Å². The Balaban J connectivity index is 1.45. The van der Waals surface area contributed by atoms with Crippen molar-refractivity contribution in [1.29, 1.82) is 0 Å². The van der Waals surface area contributed by atoms with Crippen molar-refractivity contribution >= 4 is 30.1 Å². The average Bonchev–Trinajstić information content (AvgIpc) is 3.53. The molecule has 1 heterocycles. The van der Waals surface area contributed by atoms with Gasteiger partial charge < -0.3 is 33.8 Å². The molecule has 0 saturated heterocycles. The van der Waals surface area contributed by atoms with Gasteiger partial charge in [0.2, 0.25) is 5.76 Å². The van der Waals surface area contributed by atoms with Crippen molar-refractivity contribution in [3.8, 4) is 17.1 Å². The van der Waals surface area contributed by atoms with Crippen LogP contribution >= 0.6 is 0 Å². The summed E-state index contributed by atoms with van der Waals surface area (Å²) >= 11 is 0. The van der Waals surface area contributed by atoms with E-state index in [-0.39, 0.29) is 36.0 Å². The molecule has 0 spiro atoms. The van der Waals surface area contributed by atoms with E-state index in [2.05, 4.69) is 5.32 Å². The molecule has 0 unspecified atom stereocenters. The van der Waals surface area contributed by atoms with Gasteiger partial charge in [0.05, 0.1) is 18.0 Å². The molecular weight excluding hydrogens is 558 g/mol. The molecule has 0 aliphatic heterocycles. The predicted octanol–water partition coefficient (Wildman–Crippen LogP) is 4.20. The highest BCUT2D eigenvalue weighted by Crippen LogP contribution is 2.29. The van der Waals surface area contributed by atoms with E-state index in [1.165, 1.54) is 30.3 Å². The van der Waals surface area contributed by atoms with E-state index in [1.807, 2.05) is 12.1 Å². The Bertz CT molecular complexity index is 1580. The highest BCUT2D eigenvalue weighted by molar-refractivity contribution is 5.99. The Hall–Kier alpha value is -5.71. The van der Waals surface area contributed by atoms with Crippen molar-refractivity contribution in [2.45, 2.75) is 25.7 Å². The number of carbonyl (C=O) groups is 5. The van der Waals surface area contributed by atoms with Gasteiger partial charge >= 0.3 is 17.9 Å². The second-order valence-electron chi connectivity index (χ2n) is 9.18. The van der Waals surface area contributed by atoms with Crippen LogP contribution in [0, 0.1) is 0 Å². The van der Waals surface area contributed by atoms with E-state index in [0.717, 1.165) is 11.1 Å². The summed E-state index contributed by atoms with van der Waals surface area (Å²) in [5.74, 6) is -3.62. The Morgan fingerprint density at radius 3 is 2.02 bits per heavy atom. The summed E-state index contributed by atoms with van der Waals surface area (Å²) in [4.78, 5) is 60.8. The smallest absolute Gasteiger partial charge is 0.371 e. The van der Waals surface area contributed by atoms with E-state index < -0.39 is 42.9 Å². The van der Waals surface area contributed by atoms with Crippen molar-refractivity contribution in [3.63, 3.8) is 0 Å². The van der Waals surface area contributed by atoms with Gasteiger partial charge in [-0.3, -0.25) is 9.59 Å². The van der Waals surface area contributed by atoms with Crippen molar-refractivity contribution in [2.75, 3.05) is 6.61 Å². The van der Waals surface area contributed by atoms with Crippen molar-refractivity contribution in [3.05, 3.63) is 113 Å². The predicted molar refractivity (Wildman–Crippen MR) is 151 cm³/mol. The van der Waals surface area contributed by atoms with Gasteiger partial charge in [-0.15, -0.1) is 0 Å². The lowest BCUT2D eigenvalue weighted by Crippen LogP contribution is -2.38. The van der Waals surface area contributed by atoms with Crippen LogP contribution in [0.15, 0.2) is 95.4 Å². The number of hydrogen-bond donors (Lipinski definition) is 2. The van der Waals surface area contributed by atoms with Crippen LogP contribution in [0.1, 0.15) is 38.5 Å². The zero-order valence-corrected chi connectivity index (χ0v) is 22.8. The van der Waals surface area contributed by atoms with Crippen LogP contribution in [-0.4, -0.2) is 47.9 Å². The first-order valence-electron chi connectivity index (χ1n) is 13.1. The highest BCUT2D eigenvalue weighted by atomic mass is 16.6. The molecule has 1 atom stereocenters. The second-order valence-corrected chi connectivity index (χ2v) is 9.18. The fraction of sp³-hybridized carbons (Fsp3) is 0.156. The van der Waals surface area contributed by atoms with E-state index in [4.69, 9.17) is 18.6 Å². The quantitative estimate of drug-likeness (QED) is 0.162. The van der Waals surface area contributed by atoms with Gasteiger partial charge in [0.15, 0.2) is 6.61 Å². The van der Waals surface area contributed by atoms with E-state index in [1.54, 1.807) is 48.5 Å². The lowest BCUT2D eigenvalue weighted by Gasteiger charge is -2.16. The largest absolute Gasteiger partial charge is 0.481 e. The number of aldehydes is 1. The van der Waals surface area contributed by atoms with Crippen LogP contribution in [0.3, 0.4) is 0 Å². The van der Waals surface area contributed by atoms with Gasteiger partial charge in [0, 0.05) is 5.56 Å². The number of aromatic carboxylic acids is 1. The molecule has 220 valence electrons. The average molecular weight is 586 g/mol. The normalized spacial score (nSPS) is 11.2. The molecule has 4 rings (SSSR count). The van der Waals surface area contributed by atoms with Gasteiger partial charge in [-0.1, -0.05) is 66.7 Å². The molecule has 0 aliphatic rings. The number of carboxylic acid groups (broad SMARTS) is 1. The third-order valence-electron chi connectivity index (χ3n) is 6.03. The SMILES string of the molecule is O=C[C@H](CC(=O)OCc1ccccc1)NC(=O)c1ccc(-c2ccc(C(=O)O)o2)cc1OCC(=O)OCc1ccccc1. The Morgan fingerprint density at radius 2 is 1.44 bits per heavy atom. The minimum absolute atomic E-state index is 0.00932.